The smallest absolute Gasteiger partial charge is 0.137 e. The fraction of sp³-hybridized carbons (Fsp3) is 0.312. The molecule has 1 heterocycles. The monoisotopic (exact) mass is 256 g/mol. The highest BCUT2D eigenvalue weighted by molar-refractivity contribution is 5.39. The van der Waals surface area contributed by atoms with Crippen LogP contribution in [0.5, 0.6) is 5.75 Å². The van der Waals surface area contributed by atoms with Crippen LogP contribution in [-0.4, -0.2) is 11.6 Å². The van der Waals surface area contributed by atoms with E-state index < -0.39 is 5.54 Å². The minimum atomic E-state index is -0.576. The van der Waals surface area contributed by atoms with Gasteiger partial charge in [0, 0.05) is 6.20 Å². The van der Waals surface area contributed by atoms with Crippen LogP contribution in [0.4, 0.5) is 0 Å². The highest BCUT2D eigenvalue weighted by atomic mass is 16.5. The Labute approximate surface area is 114 Å². The van der Waals surface area contributed by atoms with E-state index >= 15 is 0 Å². The van der Waals surface area contributed by atoms with Gasteiger partial charge in [-0.25, -0.2) is 0 Å². The zero-order valence-electron chi connectivity index (χ0n) is 11.7. The van der Waals surface area contributed by atoms with Crippen molar-refractivity contribution in [3.63, 3.8) is 0 Å². The third-order valence-electron chi connectivity index (χ3n) is 3.28. The van der Waals surface area contributed by atoms with E-state index in [4.69, 9.17) is 10.5 Å². The zero-order valence-corrected chi connectivity index (χ0v) is 11.7. The summed E-state index contributed by atoms with van der Waals surface area (Å²) in [7, 11) is 0. The van der Waals surface area contributed by atoms with Crippen LogP contribution in [0.15, 0.2) is 42.7 Å². The van der Waals surface area contributed by atoms with E-state index in [-0.39, 0.29) is 0 Å². The lowest BCUT2D eigenvalue weighted by atomic mass is 9.86. The van der Waals surface area contributed by atoms with Gasteiger partial charge in [-0.1, -0.05) is 29.8 Å². The summed E-state index contributed by atoms with van der Waals surface area (Å²) in [6, 6.07) is 10.2. The number of hydrogen-bond donors (Lipinski definition) is 1. The number of rotatable bonds is 4. The number of aromatic nitrogens is 1. The highest BCUT2D eigenvalue weighted by Crippen LogP contribution is 2.28. The van der Waals surface area contributed by atoms with Gasteiger partial charge in [-0.05, 0) is 38.0 Å². The first kappa shape index (κ1) is 13.6. The molecule has 0 saturated heterocycles. The van der Waals surface area contributed by atoms with Gasteiger partial charge < -0.3 is 10.5 Å². The Morgan fingerprint density at radius 2 is 1.84 bits per heavy atom. The molecule has 0 saturated carbocycles. The number of benzene rings is 1. The van der Waals surface area contributed by atoms with E-state index in [1.165, 1.54) is 5.56 Å². The molecular weight excluding hydrogens is 236 g/mol. The molecule has 1 aromatic heterocycles. The third-order valence-corrected chi connectivity index (χ3v) is 3.28. The fourth-order valence-electron chi connectivity index (χ4n) is 2.01. The number of nitrogens with zero attached hydrogens (tertiary/aromatic N) is 1. The molecule has 100 valence electrons. The Kier molecular flexibility index (Phi) is 3.86. The largest absolute Gasteiger partial charge is 0.492 e. The molecule has 1 aromatic carbocycles. The molecular formula is C16H20N2O. The predicted molar refractivity (Wildman–Crippen MR) is 77.2 cm³/mol. The molecule has 0 aliphatic heterocycles. The summed E-state index contributed by atoms with van der Waals surface area (Å²) in [6.45, 7) is 6.63. The Balaban J connectivity index is 2.37. The normalized spacial score (nSPS) is 13.9. The molecule has 2 aromatic rings. The van der Waals surface area contributed by atoms with Crippen LogP contribution in [0.3, 0.4) is 0 Å². The van der Waals surface area contributed by atoms with Crippen molar-refractivity contribution in [2.24, 2.45) is 5.73 Å². The molecule has 3 nitrogen and oxygen atoms in total. The molecule has 0 aliphatic rings. The molecule has 2 rings (SSSR count). The molecule has 0 amide bonds. The third kappa shape index (κ3) is 2.93. The highest BCUT2D eigenvalue weighted by Gasteiger charge is 2.24. The van der Waals surface area contributed by atoms with E-state index in [9.17, 15) is 0 Å². The van der Waals surface area contributed by atoms with Crippen molar-refractivity contribution in [2.45, 2.75) is 26.3 Å². The van der Waals surface area contributed by atoms with Crippen molar-refractivity contribution in [3.8, 4) is 5.75 Å². The number of nitrogens with two attached hydrogens (primary N) is 1. The Bertz CT molecular complexity index is 547. The van der Waals surface area contributed by atoms with Crippen LogP contribution in [0, 0.1) is 6.92 Å². The van der Waals surface area contributed by atoms with Gasteiger partial charge in [0.25, 0.3) is 0 Å². The second-order valence-electron chi connectivity index (χ2n) is 4.91. The molecule has 3 heteroatoms. The van der Waals surface area contributed by atoms with Crippen LogP contribution in [-0.2, 0) is 5.54 Å². The minimum Gasteiger partial charge on any atom is -0.492 e. The maximum absolute atomic E-state index is 6.48. The van der Waals surface area contributed by atoms with Crippen LogP contribution < -0.4 is 10.5 Å². The molecule has 0 radical (unpaired) electrons. The standard InChI is InChI=1S/C16H20N2O/c1-4-19-15-9-14(10-18-11-15)16(3,17)13-7-5-12(2)6-8-13/h5-11H,4,17H2,1-3H3. The first-order valence-corrected chi connectivity index (χ1v) is 6.48. The number of hydrogen-bond acceptors (Lipinski definition) is 3. The molecule has 1 unspecified atom stereocenters. The second kappa shape index (κ2) is 5.41. The first-order chi connectivity index (χ1) is 9.04. The number of ether oxygens (including phenoxy) is 1. The van der Waals surface area contributed by atoms with Crippen molar-refractivity contribution in [1.82, 2.24) is 4.98 Å². The first-order valence-electron chi connectivity index (χ1n) is 6.48. The molecule has 2 N–H and O–H groups in total. The molecule has 1 atom stereocenters. The van der Waals surface area contributed by atoms with E-state index in [2.05, 4.69) is 36.2 Å². The summed E-state index contributed by atoms with van der Waals surface area (Å²) < 4.78 is 5.48. The Hall–Kier alpha value is -1.87. The van der Waals surface area contributed by atoms with Gasteiger partial charge in [0.15, 0.2) is 0 Å². The van der Waals surface area contributed by atoms with Gasteiger partial charge in [-0.3, -0.25) is 4.98 Å². The van der Waals surface area contributed by atoms with E-state index in [1.54, 1.807) is 12.4 Å². The quantitative estimate of drug-likeness (QED) is 0.914. The second-order valence-corrected chi connectivity index (χ2v) is 4.91. The van der Waals surface area contributed by atoms with Gasteiger partial charge in [0.05, 0.1) is 18.3 Å². The van der Waals surface area contributed by atoms with Crippen molar-refractivity contribution < 1.29 is 4.74 Å². The van der Waals surface area contributed by atoms with Crippen LogP contribution >= 0.6 is 0 Å². The minimum absolute atomic E-state index is 0.576. The summed E-state index contributed by atoms with van der Waals surface area (Å²) in [5, 5.41) is 0. The van der Waals surface area contributed by atoms with Crippen LogP contribution in [0.25, 0.3) is 0 Å². The summed E-state index contributed by atoms with van der Waals surface area (Å²) in [4.78, 5) is 4.21. The zero-order chi connectivity index (χ0) is 13.9. The van der Waals surface area contributed by atoms with E-state index in [1.807, 2.05) is 19.9 Å². The average Bonchev–Trinajstić information content (AvgIpc) is 2.40. The van der Waals surface area contributed by atoms with Crippen LogP contribution in [0.1, 0.15) is 30.5 Å². The summed E-state index contributed by atoms with van der Waals surface area (Å²) in [5.74, 6) is 0.754. The fourth-order valence-corrected chi connectivity index (χ4v) is 2.01. The Morgan fingerprint density at radius 3 is 2.47 bits per heavy atom. The van der Waals surface area contributed by atoms with Crippen molar-refractivity contribution >= 4 is 0 Å². The maximum Gasteiger partial charge on any atom is 0.137 e. The van der Waals surface area contributed by atoms with Gasteiger partial charge in [0.2, 0.25) is 0 Å². The van der Waals surface area contributed by atoms with Crippen LogP contribution in [0.2, 0.25) is 0 Å². The summed E-state index contributed by atoms with van der Waals surface area (Å²) in [6.07, 6.45) is 3.50. The SMILES string of the molecule is CCOc1cncc(C(C)(N)c2ccc(C)cc2)c1. The van der Waals surface area contributed by atoms with Gasteiger partial charge in [0.1, 0.15) is 5.75 Å². The van der Waals surface area contributed by atoms with Crippen molar-refractivity contribution in [3.05, 3.63) is 59.4 Å². The summed E-state index contributed by atoms with van der Waals surface area (Å²) in [5.41, 5.74) is 9.14. The molecule has 0 aliphatic carbocycles. The maximum atomic E-state index is 6.48. The molecule has 0 bridgehead atoms. The Morgan fingerprint density at radius 1 is 1.16 bits per heavy atom. The van der Waals surface area contributed by atoms with Crippen molar-refractivity contribution in [2.75, 3.05) is 6.61 Å². The molecule has 0 spiro atoms. The van der Waals surface area contributed by atoms with Gasteiger partial charge in [-0.15, -0.1) is 0 Å². The van der Waals surface area contributed by atoms with Gasteiger partial charge >= 0.3 is 0 Å². The topological polar surface area (TPSA) is 48.1 Å². The lowest BCUT2D eigenvalue weighted by Gasteiger charge is -2.26. The van der Waals surface area contributed by atoms with E-state index in [0.29, 0.717) is 6.61 Å². The average molecular weight is 256 g/mol. The molecule has 0 fully saturated rings. The molecule has 19 heavy (non-hydrogen) atoms. The summed E-state index contributed by atoms with van der Waals surface area (Å²) >= 11 is 0. The van der Waals surface area contributed by atoms with Crippen molar-refractivity contribution in [1.29, 1.82) is 0 Å². The lowest BCUT2D eigenvalue weighted by molar-refractivity contribution is 0.337. The van der Waals surface area contributed by atoms with E-state index in [0.717, 1.165) is 16.9 Å². The number of pyridine rings is 1. The van der Waals surface area contributed by atoms with Gasteiger partial charge in [-0.2, -0.15) is 0 Å². The predicted octanol–water partition coefficient (Wildman–Crippen LogP) is 3.01. The number of aryl methyl sites for hydroxylation is 1. The lowest BCUT2D eigenvalue weighted by Crippen LogP contribution is -2.34.